The van der Waals surface area contributed by atoms with Gasteiger partial charge in [-0.2, -0.15) is 5.26 Å². The quantitative estimate of drug-likeness (QED) is 0.727. The van der Waals surface area contributed by atoms with Crippen molar-refractivity contribution >= 4 is 0 Å². The monoisotopic (exact) mass is 181 g/mol. The van der Waals surface area contributed by atoms with E-state index in [2.05, 4.69) is 6.07 Å². The lowest BCUT2D eigenvalue weighted by atomic mass is 9.63. The summed E-state index contributed by atoms with van der Waals surface area (Å²) in [5.41, 5.74) is -0.899. The molecule has 0 aromatic heterocycles. The predicted molar refractivity (Wildman–Crippen MR) is 52.0 cm³/mol. The van der Waals surface area contributed by atoms with Gasteiger partial charge in [0.2, 0.25) is 0 Å². The van der Waals surface area contributed by atoms with Gasteiger partial charge in [-0.15, -0.1) is 0 Å². The first-order valence-corrected chi connectivity index (χ1v) is 5.05. The van der Waals surface area contributed by atoms with Crippen LogP contribution in [0.1, 0.15) is 46.5 Å². The third-order valence-electron chi connectivity index (χ3n) is 3.49. The van der Waals surface area contributed by atoms with Crippen molar-refractivity contribution in [3.63, 3.8) is 0 Å². The highest BCUT2D eigenvalue weighted by molar-refractivity contribution is 5.07. The third kappa shape index (κ3) is 2.03. The maximum absolute atomic E-state index is 10.1. The summed E-state index contributed by atoms with van der Waals surface area (Å²) in [7, 11) is 0. The van der Waals surface area contributed by atoms with Crippen LogP contribution >= 0.6 is 0 Å². The molecule has 1 aliphatic carbocycles. The molecule has 0 radical (unpaired) electrons. The second-order valence-corrected chi connectivity index (χ2v) is 4.93. The molecule has 1 saturated carbocycles. The van der Waals surface area contributed by atoms with Crippen LogP contribution in [-0.2, 0) is 0 Å². The molecule has 1 N–H and O–H groups in total. The van der Waals surface area contributed by atoms with E-state index in [0.717, 1.165) is 19.3 Å². The standard InChI is InChI=1S/C11H19NO/c1-9(2)10(3,13)7-11(8-12)5-4-6-11/h9,13H,4-7H2,1-3H3. The molecular formula is C11H19NO. The molecule has 13 heavy (non-hydrogen) atoms. The lowest BCUT2D eigenvalue weighted by Crippen LogP contribution is -2.41. The van der Waals surface area contributed by atoms with E-state index in [1.807, 2.05) is 20.8 Å². The Morgan fingerprint density at radius 1 is 1.54 bits per heavy atom. The van der Waals surface area contributed by atoms with E-state index in [9.17, 15) is 5.11 Å². The summed E-state index contributed by atoms with van der Waals surface area (Å²) in [6.07, 6.45) is 3.70. The Labute approximate surface area is 80.6 Å². The minimum Gasteiger partial charge on any atom is -0.390 e. The molecule has 0 aromatic carbocycles. The molecule has 0 aromatic rings. The van der Waals surface area contributed by atoms with E-state index in [4.69, 9.17) is 5.26 Å². The van der Waals surface area contributed by atoms with Crippen LogP contribution in [0, 0.1) is 22.7 Å². The number of nitriles is 1. The molecule has 0 amide bonds. The SMILES string of the molecule is CC(C)C(C)(O)CC1(C#N)CCC1. The Kier molecular flexibility index (Phi) is 2.68. The highest BCUT2D eigenvalue weighted by Crippen LogP contribution is 2.47. The summed E-state index contributed by atoms with van der Waals surface area (Å²) in [4.78, 5) is 0. The maximum atomic E-state index is 10.1. The molecule has 2 heteroatoms. The Morgan fingerprint density at radius 2 is 2.08 bits per heavy atom. The van der Waals surface area contributed by atoms with Crippen molar-refractivity contribution in [2.45, 2.75) is 52.1 Å². The normalized spacial score (nSPS) is 24.6. The van der Waals surface area contributed by atoms with Crippen LogP contribution in [0.15, 0.2) is 0 Å². The average Bonchev–Trinajstić information content (AvgIpc) is 1.96. The van der Waals surface area contributed by atoms with Crippen molar-refractivity contribution in [2.24, 2.45) is 11.3 Å². The molecule has 1 atom stereocenters. The van der Waals surface area contributed by atoms with Gasteiger partial charge in [0.1, 0.15) is 0 Å². The van der Waals surface area contributed by atoms with Crippen LogP contribution in [0.5, 0.6) is 0 Å². The van der Waals surface area contributed by atoms with Crippen molar-refractivity contribution in [2.75, 3.05) is 0 Å². The molecular weight excluding hydrogens is 162 g/mol. The van der Waals surface area contributed by atoms with Crippen molar-refractivity contribution in [1.29, 1.82) is 5.26 Å². The molecule has 1 unspecified atom stereocenters. The first kappa shape index (κ1) is 10.5. The molecule has 0 saturated heterocycles. The summed E-state index contributed by atoms with van der Waals surface area (Å²) in [5, 5.41) is 19.1. The molecule has 0 heterocycles. The minimum absolute atomic E-state index is 0.215. The summed E-state index contributed by atoms with van der Waals surface area (Å²) < 4.78 is 0. The molecule has 0 bridgehead atoms. The molecule has 0 spiro atoms. The van der Waals surface area contributed by atoms with E-state index >= 15 is 0 Å². The van der Waals surface area contributed by atoms with Crippen molar-refractivity contribution < 1.29 is 5.11 Å². The highest BCUT2D eigenvalue weighted by atomic mass is 16.3. The third-order valence-corrected chi connectivity index (χ3v) is 3.49. The van der Waals surface area contributed by atoms with Gasteiger partial charge in [-0.05, 0) is 32.1 Å². The van der Waals surface area contributed by atoms with Crippen molar-refractivity contribution in [3.05, 3.63) is 0 Å². The van der Waals surface area contributed by atoms with Gasteiger partial charge in [0, 0.05) is 0 Å². The van der Waals surface area contributed by atoms with E-state index in [0.29, 0.717) is 6.42 Å². The molecule has 1 fully saturated rings. The van der Waals surface area contributed by atoms with Gasteiger partial charge in [-0.3, -0.25) is 0 Å². The zero-order valence-electron chi connectivity index (χ0n) is 8.80. The predicted octanol–water partition coefficient (Wildman–Crippen LogP) is 2.48. The fourth-order valence-corrected chi connectivity index (χ4v) is 1.82. The Morgan fingerprint density at radius 3 is 2.31 bits per heavy atom. The fourth-order valence-electron chi connectivity index (χ4n) is 1.82. The number of nitrogens with zero attached hydrogens (tertiary/aromatic N) is 1. The van der Waals surface area contributed by atoms with Crippen LogP contribution in [0.25, 0.3) is 0 Å². The maximum Gasteiger partial charge on any atom is 0.0690 e. The lowest BCUT2D eigenvalue weighted by molar-refractivity contribution is -0.0375. The van der Waals surface area contributed by atoms with Crippen LogP contribution in [0.2, 0.25) is 0 Å². The second kappa shape index (κ2) is 3.31. The van der Waals surface area contributed by atoms with E-state index < -0.39 is 5.60 Å². The number of hydrogen-bond acceptors (Lipinski definition) is 2. The summed E-state index contributed by atoms with van der Waals surface area (Å²) in [5.74, 6) is 0.221. The van der Waals surface area contributed by atoms with E-state index in [1.165, 1.54) is 0 Å². The van der Waals surface area contributed by atoms with Gasteiger partial charge in [0.25, 0.3) is 0 Å². The Hall–Kier alpha value is -0.550. The van der Waals surface area contributed by atoms with Crippen LogP contribution in [-0.4, -0.2) is 10.7 Å². The first-order chi connectivity index (χ1) is 5.92. The number of hydrogen-bond donors (Lipinski definition) is 1. The van der Waals surface area contributed by atoms with Crippen LogP contribution in [0.4, 0.5) is 0 Å². The van der Waals surface area contributed by atoms with Gasteiger partial charge in [-0.25, -0.2) is 0 Å². The topological polar surface area (TPSA) is 44.0 Å². The molecule has 74 valence electrons. The van der Waals surface area contributed by atoms with E-state index in [-0.39, 0.29) is 11.3 Å². The van der Waals surface area contributed by atoms with Gasteiger partial charge < -0.3 is 5.11 Å². The minimum atomic E-state index is -0.684. The average molecular weight is 181 g/mol. The van der Waals surface area contributed by atoms with Gasteiger partial charge in [-0.1, -0.05) is 20.3 Å². The zero-order valence-corrected chi connectivity index (χ0v) is 8.80. The first-order valence-electron chi connectivity index (χ1n) is 5.05. The highest BCUT2D eigenvalue weighted by Gasteiger charge is 2.43. The van der Waals surface area contributed by atoms with Gasteiger partial charge in [0.15, 0.2) is 0 Å². The van der Waals surface area contributed by atoms with Crippen molar-refractivity contribution in [1.82, 2.24) is 0 Å². The largest absolute Gasteiger partial charge is 0.390 e. The Bertz CT molecular complexity index is 221. The fraction of sp³-hybridized carbons (Fsp3) is 0.909. The molecule has 1 aliphatic rings. The molecule has 2 nitrogen and oxygen atoms in total. The lowest BCUT2D eigenvalue weighted by Gasteiger charge is -2.42. The van der Waals surface area contributed by atoms with Crippen LogP contribution in [0.3, 0.4) is 0 Å². The summed E-state index contributed by atoms with van der Waals surface area (Å²) in [6, 6.07) is 2.37. The van der Waals surface area contributed by atoms with Gasteiger partial charge >= 0.3 is 0 Å². The summed E-state index contributed by atoms with van der Waals surface area (Å²) >= 11 is 0. The second-order valence-electron chi connectivity index (χ2n) is 4.93. The van der Waals surface area contributed by atoms with Gasteiger partial charge in [0.05, 0.1) is 17.1 Å². The summed E-state index contributed by atoms with van der Waals surface area (Å²) in [6.45, 7) is 5.85. The smallest absolute Gasteiger partial charge is 0.0690 e. The zero-order chi connectivity index (χ0) is 10.1. The number of rotatable bonds is 3. The van der Waals surface area contributed by atoms with Crippen LogP contribution < -0.4 is 0 Å². The van der Waals surface area contributed by atoms with E-state index in [1.54, 1.807) is 0 Å². The van der Waals surface area contributed by atoms with Crippen molar-refractivity contribution in [3.8, 4) is 6.07 Å². The molecule has 1 rings (SSSR count). The Balaban J connectivity index is 2.62. The molecule has 0 aliphatic heterocycles. The number of aliphatic hydroxyl groups is 1.